The quantitative estimate of drug-likeness (QED) is 0.464. The van der Waals surface area contributed by atoms with Crippen molar-refractivity contribution in [3.63, 3.8) is 0 Å². The summed E-state index contributed by atoms with van der Waals surface area (Å²) in [4.78, 5) is 0. The molecule has 0 fully saturated rings. The summed E-state index contributed by atoms with van der Waals surface area (Å²) in [6, 6.07) is 0. The maximum absolute atomic E-state index is 3.95. The predicted molar refractivity (Wildman–Crippen MR) is 24.1 cm³/mol. The van der Waals surface area contributed by atoms with Crippen molar-refractivity contribution in [1.82, 2.24) is 0 Å². The van der Waals surface area contributed by atoms with E-state index in [1.807, 2.05) is 0 Å². The molecule has 0 unspecified atom stereocenters. The zero-order chi connectivity index (χ0) is 3.54. The Morgan fingerprint density at radius 2 is 1.80 bits per heavy atom. The van der Waals surface area contributed by atoms with Crippen molar-refractivity contribution in [3.05, 3.63) is 0 Å². The summed E-state index contributed by atoms with van der Waals surface area (Å²) in [6.07, 6.45) is 3.58. The van der Waals surface area contributed by atoms with Crippen LogP contribution in [0.25, 0.3) is 0 Å². The molecule has 0 aromatic carbocycles. The van der Waals surface area contributed by atoms with E-state index in [-0.39, 0.29) is 0 Å². The number of rotatable bonds is 0. The van der Waals surface area contributed by atoms with Crippen LogP contribution in [0, 0.1) is 0 Å². The van der Waals surface area contributed by atoms with E-state index in [1.54, 1.807) is 12.4 Å². The van der Waals surface area contributed by atoms with Crippen LogP contribution in [0.4, 0.5) is 0 Å². The standard InChI is InChI=1S/C2H2N2.In.H/c3-1-2-4;;/h1-2H;;/q-2;+2;. The van der Waals surface area contributed by atoms with Gasteiger partial charge >= 0.3 is 41.9 Å². The number of nitrogens with zero attached hydrogens (tertiary/aromatic N) is 2. The second-order valence-electron chi connectivity index (χ2n) is 0.805. The number of hydrogen-bond acceptors (Lipinski definition) is 2. The van der Waals surface area contributed by atoms with Gasteiger partial charge in [-0.3, -0.25) is 0 Å². The Hall–Kier alpha value is 0.210. The molecule has 0 saturated carbocycles. The molecule has 0 N–H and O–H groups in total. The third kappa shape index (κ3) is 0.758. The van der Waals surface area contributed by atoms with Gasteiger partial charge in [-0.25, -0.2) is 0 Å². The Balaban J connectivity index is 2.61. The molecule has 0 bridgehead atoms. The molecule has 24 valence electrons. The van der Waals surface area contributed by atoms with E-state index >= 15 is 0 Å². The summed E-state index contributed by atoms with van der Waals surface area (Å²) in [5.41, 5.74) is 0. The van der Waals surface area contributed by atoms with Crippen LogP contribution < -0.4 is 0 Å². The molecule has 1 aliphatic rings. The first-order chi connectivity index (χ1) is 2.50. The molecule has 3 heteroatoms. The topological polar surface area (TPSA) is 24.7 Å². The Morgan fingerprint density at radius 1 is 1.20 bits per heavy atom. The molecule has 0 radical (unpaired) electrons. The van der Waals surface area contributed by atoms with E-state index in [0.29, 0.717) is 0 Å². The average Bonchev–Trinajstić information content (AvgIpc) is 1.76. The van der Waals surface area contributed by atoms with Gasteiger partial charge in [0.05, 0.1) is 0 Å². The van der Waals surface area contributed by atoms with Crippen molar-refractivity contribution in [3.8, 4) is 0 Å². The Bertz CT molecular complexity index is 65.7. The molecule has 0 aromatic rings. The summed E-state index contributed by atoms with van der Waals surface area (Å²) >= 11 is -0.808. The van der Waals surface area contributed by atoms with E-state index in [1.165, 1.54) is 0 Å². The van der Waals surface area contributed by atoms with E-state index in [9.17, 15) is 0 Å². The van der Waals surface area contributed by atoms with Gasteiger partial charge in [-0.2, -0.15) is 0 Å². The first kappa shape index (κ1) is 3.40. The third-order valence-electron chi connectivity index (χ3n) is 0.441. The van der Waals surface area contributed by atoms with Gasteiger partial charge in [0.25, 0.3) is 0 Å². The van der Waals surface area contributed by atoms with Crippen molar-refractivity contribution in [2.75, 3.05) is 0 Å². The Labute approximate surface area is 42.2 Å². The summed E-state index contributed by atoms with van der Waals surface area (Å²) in [7, 11) is 0. The monoisotopic (exact) mass is 170 g/mol. The molecule has 1 heterocycles. The predicted octanol–water partition coefficient (Wildman–Crippen LogP) is -0.592. The van der Waals surface area contributed by atoms with Crippen molar-refractivity contribution in [2.24, 2.45) is 5.96 Å². The van der Waals surface area contributed by atoms with Crippen LogP contribution in [0.15, 0.2) is 5.96 Å². The minimum absolute atomic E-state index is 0.808. The molecule has 1 aliphatic heterocycles. The van der Waals surface area contributed by atoms with Gasteiger partial charge in [-0.1, -0.05) is 0 Å². The van der Waals surface area contributed by atoms with Gasteiger partial charge < -0.3 is 0 Å². The molecule has 0 saturated heterocycles. The fourth-order valence-corrected chi connectivity index (χ4v) is 1.58. The second kappa shape index (κ2) is 1.60. The normalized spacial score (nSPS) is 16.0. The molecular formula is C2H3InN2. The van der Waals surface area contributed by atoms with Crippen LogP contribution in [0.3, 0.4) is 0 Å². The van der Waals surface area contributed by atoms with Crippen molar-refractivity contribution in [2.45, 2.75) is 0 Å². The molecule has 0 spiro atoms. The van der Waals surface area contributed by atoms with Gasteiger partial charge in [0, 0.05) is 0 Å². The summed E-state index contributed by atoms with van der Waals surface area (Å²) < 4.78 is 7.89. The molecule has 0 aliphatic carbocycles. The van der Waals surface area contributed by atoms with E-state index < -0.39 is 23.5 Å². The Morgan fingerprint density at radius 3 is 2.00 bits per heavy atom. The molecule has 2 nitrogen and oxygen atoms in total. The van der Waals surface area contributed by atoms with Gasteiger partial charge in [0.15, 0.2) is 0 Å². The fraction of sp³-hybridized carbons (Fsp3) is 0. The second-order valence-corrected chi connectivity index (χ2v) is 3.70. The SMILES string of the molecule is C1=[N][InH][N]=C1. The molecule has 1 rings (SSSR count). The summed E-state index contributed by atoms with van der Waals surface area (Å²) in [5, 5.41) is 0. The molecule has 0 amide bonds. The molecule has 0 aromatic heterocycles. The van der Waals surface area contributed by atoms with Crippen LogP contribution in [-0.4, -0.2) is 35.9 Å². The van der Waals surface area contributed by atoms with Crippen LogP contribution in [0.2, 0.25) is 0 Å². The van der Waals surface area contributed by atoms with Gasteiger partial charge in [-0.15, -0.1) is 0 Å². The maximum atomic E-state index is 3.95. The third-order valence-corrected chi connectivity index (χ3v) is 2.58. The van der Waals surface area contributed by atoms with Crippen LogP contribution >= 0.6 is 0 Å². The van der Waals surface area contributed by atoms with Crippen molar-refractivity contribution < 1.29 is 0 Å². The number of hydrogen-bond donors (Lipinski definition) is 0. The fourth-order valence-electron chi connectivity index (χ4n) is 0.236. The zero-order valence-electron chi connectivity index (χ0n) is 2.76. The van der Waals surface area contributed by atoms with Crippen LogP contribution in [0.5, 0.6) is 0 Å². The van der Waals surface area contributed by atoms with Crippen molar-refractivity contribution >= 4 is 35.9 Å². The summed E-state index contributed by atoms with van der Waals surface area (Å²) in [5.74, 6) is 0. The Kier molecular flexibility index (Phi) is 1.09. The van der Waals surface area contributed by atoms with Crippen LogP contribution in [0.1, 0.15) is 0 Å². The molecular weight excluding hydrogens is 167 g/mol. The van der Waals surface area contributed by atoms with Gasteiger partial charge in [0.1, 0.15) is 0 Å². The van der Waals surface area contributed by atoms with E-state index in [4.69, 9.17) is 0 Å². The minimum atomic E-state index is -0.808. The van der Waals surface area contributed by atoms with Gasteiger partial charge in [0.2, 0.25) is 0 Å². The average molecular weight is 170 g/mol. The van der Waals surface area contributed by atoms with E-state index in [0.717, 1.165) is 0 Å². The molecule has 5 heavy (non-hydrogen) atoms. The zero-order valence-corrected chi connectivity index (χ0v) is 6.79. The molecule has 0 atom stereocenters. The first-order valence-electron chi connectivity index (χ1n) is 1.48. The van der Waals surface area contributed by atoms with Crippen molar-refractivity contribution in [1.29, 1.82) is 0 Å². The van der Waals surface area contributed by atoms with Gasteiger partial charge in [-0.05, 0) is 0 Å². The van der Waals surface area contributed by atoms with E-state index in [2.05, 4.69) is 5.96 Å². The van der Waals surface area contributed by atoms with Crippen LogP contribution in [-0.2, 0) is 0 Å². The first-order valence-corrected chi connectivity index (χ1v) is 5.09. The summed E-state index contributed by atoms with van der Waals surface area (Å²) in [6.45, 7) is 0.